The van der Waals surface area contributed by atoms with E-state index in [1.54, 1.807) is 33.8 Å². The fraction of sp³-hybridized carbons (Fsp3) is 0.217. The molecule has 11 heteroatoms. The lowest BCUT2D eigenvalue weighted by Crippen LogP contribution is -2.63. The number of nitrogens with one attached hydrogen (secondary N) is 1. The summed E-state index contributed by atoms with van der Waals surface area (Å²) in [6, 6.07) is 12.2. The molecule has 1 spiro atoms. The van der Waals surface area contributed by atoms with E-state index in [9.17, 15) is 14.0 Å². The van der Waals surface area contributed by atoms with E-state index >= 15 is 0 Å². The molecule has 2 aliphatic rings. The van der Waals surface area contributed by atoms with Crippen LogP contribution in [0.25, 0.3) is 11.3 Å². The van der Waals surface area contributed by atoms with Crippen molar-refractivity contribution in [3.63, 3.8) is 0 Å². The lowest BCUT2D eigenvalue weighted by Gasteiger charge is -2.48. The van der Waals surface area contributed by atoms with Crippen molar-refractivity contribution in [2.75, 3.05) is 25.1 Å². The Kier molecular flexibility index (Phi) is 5.23. The highest BCUT2D eigenvalue weighted by Crippen LogP contribution is 2.38. The minimum absolute atomic E-state index is 0.0735. The molecular formula is C23H18ClFN6O3. The van der Waals surface area contributed by atoms with Crippen molar-refractivity contribution in [3.8, 4) is 17.3 Å². The fourth-order valence-electron chi connectivity index (χ4n) is 4.28. The van der Waals surface area contributed by atoms with E-state index in [4.69, 9.17) is 27.3 Å². The van der Waals surface area contributed by atoms with E-state index in [0.717, 1.165) is 0 Å². The number of nitrogens with two attached hydrogens (primary N) is 1. The van der Waals surface area contributed by atoms with Crippen LogP contribution in [0.2, 0.25) is 5.02 Å². The molecule has 2 aliphatic heterocycles. The summed E-state index contributed by atoms with van der Waals surface area (Å²) in [6.07, 6.45) is 0. The van der Waals surface area contributed by atoms with E-state index in [0.29, 0.717) is 42.3 Å². The van der Waals surface area contributed by atoms with Crippen molar-refractivity contribution in [1.82, 2.24) is 14.7 Å². The van der Waals surface area contributed by atoms with Crippen LogP contribution in [0.3, 0.4) is 0 Å². The van der Waals surface area contributed by atoms with E-state index in [1.165, 1.54) is 18.2 Å². The second-order valence-corrected chi connectivity index (χ2v) is 8.67. The molecule has 3 amide bonds. The molecule has 172 valence electrons. The molecule has 1 fully saturated rings. The summed E-state index contributed by atoms with van der Waals surface area (Å²) in [5.74, 6) is -1.31. The van der Waals surface area contributed by atoms with E-state index < -0.39 is 17.3 Å². The molecule has 0 saturated carbocycles. The number of rotatable bonds is 3. The zero-order valence-electron chi connectivity index (χ0n) is 17.7. The van der Waals surface area contributed by atoms with Gasteiger partial charge in [-0.3, -0.25) is 9.48 Å². The van der Waals surface area contributed by atoms with Gasteiger partial charge in [0.25, 0.3) is 5.91 Å². The fourth-order valence-corrected chi connectivity index (χ4v) is 4.46. The van der Waals surface area contributed by atoms with Crippen molar-refractivity contribution in [3.05, 3.63) is 70.1 Å². The highest BCUT2D eigenvalue weighted by Gasteiger charge is 2.49. The van der Waals surface area contributed by atoms with Crippen molar-refractivity contribution in [1.29, 1.82) is 5.26 Å². The summed E-state index contributed by atoms with van der Waals surface area (Å²) < 4.78 is 20.9. The van der Waals surface area contributed by atoms with Crippen LogP contribution in [0, 0.1) is 17.1 Å². The molecule has 0 atom stereocenters. The number of nitriles is 1. The SMILES string of the molecule is N#Cc1ccc(NC(=O)N2Cc3c(C(N)=O)c(-c4ccc(F)c(Cl)c4)nn3C3(COC3)C2)cc1. The van der Waals surface area contributed by atoms with Crippen LogP contribution in [0.1, 0.15) is 21.6 Å². The van der Waals surface area contributed by atoms with E-state index in [-0.39, 0.29) is 28.9 Å². The first-order chi connectivity index (χ1) is 16.3. The number of amides is 3. The summed E-state index contributed by atoms with van der Waals surface area (Å²) in [4.78, 5) is 27.2. The highest BCUT2D eigenvalue weighted by molar-refractivity contribution is 6.31. The van der Waals surface area contributed by atoms with Gasteiger partial charge in [0.1, 0.15) is 17.1 Å². The van der Waals surface area contributed by atoms with Crippen LogP contribution in [-0.2, 0) is 16.8 Å². The Morgan fingerprint density at radius 2 is 1.97 bits per heavy atom. The number of carbonyl (C=O) groups excluding carboxylic acids is 2. The molecule has 34 heavy (non-hydrogen) atoms. The number of halogens is 2. The molecule has 3 heterocycles. The van der Waals surface area contributed by atoms with Crippen molar-refractivity contribution >= 4 is 29.2 Å². The number of primary amides is 1. The Morgan fingerprint density at radius 3 is 2.56 bits per heavy atom. The van der Waals surface area contributed by atoms with Crippen LogP contribution in [0.5, 0.6) is 0 Å². The summed E-state index contributed by atoms with van der Waals surface area (Å²) in [6.45, 7) is 0.962. The molecule has 0 aliphatic carbocycles. The Balaban J connectivity index is 1.53. The third kappa shape index (κ3) is 3.55. The minimum Gasteiger partial charge on any atom is -0.376 e. The van der Waals surface area contributed by atoms with Gasteiger partial charge in [-0.1, -0.05) is 11.6 Å². The van der Waals surface area contributed by atoms with Gasteiger partial charge < -0.3 is 20.7 Å². The number of hydrogen-bond donors (Lipinski definition) is 2. The van der Waals surface area contributed by atoms with Gasteiger partial charge in [0.2, 0.25) is 0 Å². The van der Waals surface area contributed by atoms with Crippen LogP contribution in [0.15, 0.2) is 42.5 Å². The lowest BCUT2D eigenvalue weighted by molar-refractivity contribution is -0.126. The standard InChI is InChI=1S/C23H18ClFN6O3/c24-16-7-14(3-6-17(16)25)20-19(21(27)32)18-9-30(10-23(11-34-12-23)31(18)29-20)22(33)28-15-4-1-13(8-26)2-5-15/h1-7H,9-12H2,(H2,27,32)(H,28,33). The maximum Gasteiger partial charge on any atom is 0.322 e. The van der Waals surface area contributed by atoms with Crippen LogP contribution in [-0.4, -0.2) is 46.4 Å². The van der Waals surface area contributed by atoms with Crippen LogP contribution >= 0.6 is 11.6 Å². The van der Waals surface area contributed by atoms with Gasteiger partial charge in [-0.05, 0) is 42.5 Å². The first kappa shape index (κ1) is 21.9. The monoisotopic (exact) mass is 480 g/mol. The Bertz CT molecular complexity index is 1360. The minimum atomic E-state index is -0.721. The van der Waals surface area contributed by atoms with Gasteiger partial charge >= 0.3 is 6.03 Å². The van der Waals surface area contributed by atoms with Crippen molar-refractivity contribution in [2.45, 2.75) is 12.1 Å². The number of aromatic nitrogens is 2. The van der Waals surface area contributed by atoms with Crippen LogP contribution < -0.4 is 11.1 Å². The molecule has 0 radical (unpaired) electrons. The van der Waals surface area contributed by atoms with E-state index in [2.05, 4.69) is 10.4 Å². The lowest BCUT2D eigenvalue weighted by atomic mass is 9.93. The number of carbonyl (C=O) groups is 2. The number of urea groups is 1. The summed E-state index contributed by atoms with van der Waals surface area (Å²) in [7, 11) is 0. The predicted molar refractivity (Wildman–Crippen MR) is 121 cm³/mol. The molecule has 1 saturated heterocycles. The molecule has 1 aromatic heterocycles. The van der Waals surface area contributed by atoms with Crippen LogP contribution in [0.4, 0.5) is 14.9 Å². The third-order valence-corrected chi connectivity index (χ3v) is 6.28. The summed E-state index contributed by atoms with van der Waals surface area (Å²) >= 11 is 5.95. The second kappa shape index (κ2) is 8.13. The number of hydrogen-bond acceptors (Lipinski definition) is 5. The van der Waals surface area contributed by atoms with Gasteiger partial charge in [-0.15, -0.1) is 0 Å². The summed E-state index contributed by atoms with van der Waals surface area (Å²) in [5, 5.41) is 16.3. The summed E-state index contributed by atoms with van der Waals surface area (Å²) in [5.41, 5.74) is 7.38. The first-order valence-corrected chi connectivity index (χ1v) is 10.7. The number of anilines is 1. The largest absolute Gasteiger partial charge is 0.376 e. The zero-order chi connectivity index (χ0) is 24.0. The van der Waals surface area contributed by atoms with Gasteiger partial charge in [0.15, 0.2) is 0 Å². The van der Waals surface area contributed by atoms with Gasteiger partial charge in [0, 0.05) is 11.3 Å². The molecule has 3 aromatic rings. The number of fused-ring (bicyclic) bond motifs is 2. The Morgan fingerprint density at radius 1 is 1.24 bits per heavy atom. The van der Waals surface area contributed by atoms with Crippen molar-refractivity contribution < 1.29 is 18.7 Å². The molecule has 2 aromatic carbocycles. The third-order valence-electron chi connectivity index (χ3n) is 5.99. The first-order valence-electron chi connectivity index (χ1n) is 10.3. The van der Waals surface area contributed by atoms with Gasteiger partial charge in [-0.2, -0.15) is 10.4 Å². The average molecular weight is 481 g/mol. The van der Waals surface area contributed by atoms with Crippen molar-refractivity contribution in [2.24, 2.45) is 5.73 Å². The molecule has 0 bridgehead atoms. The maximum atomic E-state index is 13.7. The smallest absolute Gasteiger partial charge is 0.322 e. The van der Waals surface area contributed by atoms with Gasteiger partial charge in [0.05, 0.1) is 54.2 Å². The number of ether oxygens (including phenoxy) is 1. The topological polar surface area (TPSA) is 126 Å². The second-order valence-electron chi connectivity index (χ2n) is 8.27. The Hall–Kier alpha value is -3.94. The Labute approximate surface area is 198 Å². The van der Waals surface area contributed by atoms with Gasteiger partial charge in [-0.25, -0.2) is 9.18 Å². The number of nitrogens with zero attached hydrogens (tertiary/aromatic N) is 4. The molecule has 9 nitrogen and oxygen atoms in total. The maximum absolute atomic E-state index is 13.7. The highest BCUT2D eigenvalue weighted by atomic mass is 35.5. The molecule has 5 rings (SSSR count). The molecule has 0 unspecified atom stereocenters. The average Bonchev–Trinajstić information content (AvgIpc) is 3.19. The predicted octanol–water partition coefficient (Wildman–Crippen LogP) is 3.09. The molecular weight excluding hydrogens is 463 g/mol. The zero-order valence-corrected chi connectivity index (χ0v) is 18.5. The molecule has 3 N–H and O–H groups in total. The normalized spacial score (nSPS) is 15.9. The quantitative estimate of drug-likeness (QED) is 0.595. The number of benzene rings is 2. The van der Waals surface area contributed by atoms with E-state index in [1.807, 2.05) is 6.07 Å².